The van der Waals surface area contributed by atoms with Gasteiger partial charge in [-0.25, -0.2) is 0 Å². The van der Waals surface area contributed by atoms with Gasteiger partial charge in [-0.05, 0) is 18.6 Å². The van der Waals surface area contributed by atoms with Gasteiger partial charge in [0, 0.05) is 4.47 Å². The molecule has 1 N–H and O–H groups in total. The molecule has 0 aliphatic heterocycles. The van der Waals surface area contributed by atoms with E-state index in [2.05, 4.69) is 21.2 Å². The van der Waals surface area contributed by atoms with Crippen molar-refractivity contribution in [1.82, 2.24) is 0 Å². The lowest BCUT2D eigenvalue weighted by Gasteiger charge is -2.10. The minimum atomic E-state index is -0.321. The predicted molar refractivity (Wildman–Crippen MR) is 78.5 cm³/mol. The molecule has 0 aromatic heterocycles. The number of hydrogen-bond donors (Lipinski definition) is 1. The number of rotatable bonds is 6. The molecule has 1 aromatic carbocycles. The van der Waals surface area contributed by atoms with Crippen LogP contribution >= 0.6 is 39.1 Å². The number of ether oxygens (including phenoxy) is 1. The van der Waals surface area contributed by atoms with E-state index < -0.39 is 0 Å². The highest BCUT2D eigenvalue weighted by atomic mass is 79.9. The van der Waals surface area contributed by atoms with E-state index in [0.29, 0.717) is 22.3 Å². The Balaban J connectivity index is 2.51. The molecule has 0 radical (unpaired) electrons. The number of nitrogens with one attached hydrogen (secondary N) is 1. The van der Waals surface area contributed by atoms with Gasteiger partial charge in [0.25, 0.3) is 0 Å². The topological polar surface area (TPSA) is 38.3 Å². The third-order valence-corrected chi connectivity index (χ3v) is 3.23. The summed E-state index contributed by atoms with van der Waals surface area (Å²) in [5.41, 5.74) is 0.536. The van der Waals surface area contributed by atoms with Crippen LogP contribution in [-0.4, -0.2) is 19.1 Å². The monoisotopic (exact) mass is 353 g/mol. The fraction of sp³-hybridized carbons (Fsp3) is 0.417. The van der Waals surface area contributed by atoms with Crippen LogP contribution in [0.25, 0.3) is 0 Å². The third kappa shape index (κ3) is 5.04. The molecular weight excluding hydrogens is 341 g/mol. The van der Waals surface area contributed by atoms with Crippen LogP contribution < -0.4 is 5.32 Å². The lowest BCUT2D eigenvalue weighted by atomic mass is 10.3. The maximum Gasteiger partial charge on any atom is 0.325 e. The number of esters is 1. The molecule has 0 fully saturated rings. The Morgan fingerprint density at radius 1 is 1.39 bits per heavy atom. The highest BCUT2D eigenvalue weighted by Gasteiger charge is 2.09. The molecule has 3 nitrogen and oxygen atoms in total. The summed E-state index contributed by atoms with van der Waals surface area (Å²) in [5, 5.41) is 3.78. The van der Waals surface area contributed by atoms with E-state index >= 15 is 0 Å². The molecule has 0 aliphatic rings. The van der Waals surface area contributed by atoms with E-state index in [1.54, 1.807) is 12.1 Å². The van der Waals surface area contributed by atoms with Crippen LogP contribution in [0.1, 0.15) is 19.8 Å². The first-order valence-corrected chi connectivity index (χ1v) is 7.13. The van der Waals surface area contributed by atoms with Gasteiger partial charge in [-0.3, -0.25) is 4.79 Å². The molecule has 0 bridgehead atoms. The Morgan fingerprint density at radius 3 is 2.56 bits per heavy atom. The Labute approximate surface area is 125 Å². The molecule has 1 rings (SSSR count). The molecule has 0 saturated heterocycles. The molecule has 0 amide bonds. The standard InChI is InChI=1S/C12H14BrCl2NO2/c1-2-3-4-18-11(17)7-16-12-9(14)5-8(13)6-10(12)15/h5-6,16H,2-4,7H2,1H3. The van der Waals surface area contributed by atoms with Crippen molar-refractivity contribution in [3.8, 4) is 0 Å². The van der Waals surface area contributed by atoms with Crippen molar-refractivity contribution >= 4 is 50.8 Å². The average Bonchev–Trinajstić information content (AvgIpc) is 2.27. The number of carbonyl (C=O) groups is 1. The molecule has 0 spiro atoms. The van der Waals surface area contributed by atoms with Crippen LogP contribution in [-0.2, 0) is 9.53 Å². The maximum absolute atomic E-state index is 11.4. The molecule has 18 heavy (non-hydrogen) atoms. The SMILES string of the molecule is CCCCOC(=O)CNc1c(Cl)cc(Br)cc1Cl. The third-order valence-electron chi connectivity index (χ3n) is 2.18. The minimum absolute atomic E-state index is 0.0464. The molecule has 0 unspecified atom stereocenters. The van der Waals surface area contributed by atoms with Gasteiger partial charge in [0.1, 0.15) is 6.54 Å². The van der Waals surface area contributed by atoms with Gasteiger partial charge < -0.3 is 10.1 Å². The van der Waals surface area contributed by atoms with Crippen LogP contribution in [0.5, 0.6) is 0 Å². The van der Waals surface area contributed by atoms with Gasteiger partial charge in [-0.15, -0.1) is 0 Å². The van der Waals surface area contributed by atoms with Crippen molar-refractivity contribution < 1.29 is 9.53 Å². The summed E-state index contributed by atoms with van der Waals surface area (Å²) in [4.78, 5) is 11.4. The molecule has 0 heterocycles. The van der Waals surface area contributed by atoms with Crippen molar-refractivity contribution in [2.75, 3.05) is 18.5 Å². The molecule has 0 aliphatic carbocycles. The van der Waals surface area contributed by atoms with Crippen LogP contribution in [0.4, 0.5) is 5.69 Å². The van der Waals surface area contributed by atoms with Crippen LogP contribution in [0.3, 0.4) is 0 Å². The van der Waals surface area contributed by atoms with E-state index in [9.17, 15) is 4.79 Å². The van der Waals surface area contributed by atoms with E-state index in [1.807, 2.05) is 6.92 Å². The molecule has 0 atom stereocenters. The fourth-order valence-corrected chi connectivity index (χ4v) is 2.60. The normalized spacial score (nSPS) is 10.2. The van der Waals surface area contributed by atoms with Gasteiger partial charge in [-0.1, -0.05) is 52.5 Å². The number of anilines is 1. The Morgan fingerprint density at radius 2 is 2.00 bits per heavy atom. The van der Waals surface area contributed by atoms with Crippen molar-refractivity contribution in [1.29, 1.82) is 0 Å². The zero-order valence-electron chi connectivity index (χ0n) is 9.93. The van der Waals surface area contributed by atoms with Gasteiger partial charge in [0.05, 0.1) is 22.3 Å². The predicted octanol–water partition coefficient (Wildman–Crippen LogP) is 4.51. The van der Waals surface area contributed by atoms with Crippen LogP contribution in [0.15, 0.2) is 16.6 Å². The van der Waals surface area contributed by atoms with Gasteiger partial charge in [-0.2, -0.15) is 0 Å². The lowest BCUT2D eigenvalue weighted by Crippen LogP contribution is -2.17. The summed E-state index contributed by atoms with van der Waals surface area (Å²) >= 11 is 15.3. The number of unbranched alkanes of at least 4 members (excludes halogenated alkanes) is 1. The second-order valence-corrected chi connectivity index (χ2v) is 5.40. The Bertz CT molecular complexity index is 404. The van der Waals surface area contributed by atoms with Crippen LogP contribution in [0, 0.1) is 0 Å². The van der Waals surface area contributed by atoms with Crippen molar-refractivity contribution in [3.05, 3.63) is 26.7 Å². The first-order chi connectivity index (χ1) is 8.54. The molecule has 0 saturated carbocycles. The highest BCUT2D eigenvalue weighted by molar-refractivity contribution is 9.10. The molecule has 100 valence electrons. The summed E-state index contributed by atoms with van der Waals surface area (Å²) in [6, 6.07) is 3.41. The summed E-state index contributed by atoms with van der Waals surface area (Å²) in [6.45, 7) is 2.52. The Kier molecular flexibility index (Phi) is 6.82. The lowest BCUT2D eigenvalue weighted by molar-refractivity contribution is -0.141. The largest absolute Gasteiger partial charge is 0.464 e. The first kappa shape index (κ1) is 15.6. The summed E-state index contributed by atoms with van der Waals surface area (Å²) < 4.78 is 5.80. The first-order valence-electron chi connectivity index (χ1n) is 5.58. The van der Waals surface area contributed by atoms with Gasteiger partial charge in [0.15, 0.2) is 0 Å². The van der Waals surface area contributed by atoms with E-state index in [4.69, 9.17) is 27.9 Å². The van der Waals surface area contributed by atoms with Crippen LogP contribution in [0.2, 0.25) is 10.0 Å². The fourth-order valence-electron chi connectivity index (χ4n) is 1.25. The van der Waals surface area contributed by atoms with Gasteiger partial charge in [0.2, 0.25) is 0 Å². The highest BCUT2D eigenvalue weighted by Crippen LogP contribution is 2.33. The summed E-state index contributed by atoms with van der Waals surface area (Å²) in [6.07, 6.45) is 1.86. The maximum atomic E-state index is 11.4. The molecule has 6 heteroatoms. The zero-order chi connectivity index (χ0) is 13.5. The Hall–Kier alpha value is -0.450. The minimum Gasteiger partial charge on any atom is -0.464 e. The van der Waals surface area contributed by atoms with E-state index in [-0.39, 0.29) is 12.5 Å². The molecule has 1 aromatic rings. The van der Waals surface area contributed by atoms with E-state index in [1.165, 1.54) is 0 Å². The molecular formula is C12H14BrCl2NO2. The number of carbonyl (C=O) groups excluding carboxylic acids is 1. The second kappa shape index (κ2) is 7.87. The van der Waals surface area contributed by atoms with Crippen molar-refractivity contribution in [2.24, 2.45) is 0 Å². The van der Waals surface area contributed by atoms with Crippen molar-refractivity contribution in [2.45, 2.75) is 19.8 Å². The summed E-state index contributed by atoms with van der Waals surface area (Å²) in [7, 11) is 0. The summed E-state index contributed by atoms with van der Waals surface area (Å²) in [5.74, 6) is -0.321. The zero-order valence-corrected chi connectivity index (χ0v) is 13.0. The quantitative estimate of drug-likeness (QED) is 0.603. The van der Waals surface area contributed by atoms with Gasteiger partial charge >= 0.3 is 5.97 Å². The smallest absolute Gasteiger partial charge is 0.325 e. The van der Waals surface area contributed by atoms with E-state index in [0.717, 1.165) is 17.3 Å². The number of hydrogen-bond acceptors (Lipinski definition) is 3. The van der Waals surface area contributed by atoms with Crippen molar-refractivity contribution in [3.63, 3.8) is 0 Å². The number of halogens is 3. The second-order valence-electron chi connectivity index (χ2n) is 3.67. The number of benzene rings is 1. The average molecular weight is 355 g/mol.